The van der Waals surface area contributed by atoms with Crippen molar-refractivity contribution in [2.45, 2.75) is 63.6 Å². The Morgan fingerprint density at radius 2 is 1.88 bits per heavy atom. The lowest BCUT2D eigenvalue weighted by molar-refractivity contribution is 0.136. The van der Waals surface area contributed by atoms with Crippen molar-refractivity contribution in [3.63, 3.8) is 0 Å². The smallest absolute Gasteiger partial charge is 0.0462 e. The van der Waals surface area contributed by atoms with Gasteiger partial charge in [0.1, 0.15) is 0 Å². The molecule has 2 saturated heterocycles. The molecular weight excluding hydrogens is 212 g/mol. The lowest BCUT2D eigenvalue weighted by Crippen LogP contribution is -2.48. The van der Waals surface area contributed by atoms with Gasteiger partial charge in [-0.3, -0.25) is 0 Å². The summed E-state index contributed by atoms with van der Waals surface area (Å²) in [6.45, 7) is 5.68. The molecule has 100 valence electrons. The van der Waals surface area contributed by atoms with Gasteiger partial charge in [0.05, 0.1) is 0 Å². The minimum Gasteiger partial charge on any atom is -0.385 e. The molecule has 0 aromatic carbocycles. The summed E-state index contributed by atoms with van der Waals surface area (Å²) in [5.41, 5.74) is 0. The Bertz CT molecular complexity index is 210. The first kappa shape index (κ1) is 13.3. The number of nitrogens with one attached hydrogen (secondary N) is 1. The van der Waals surface area contributed by atoms with E-state index in [1.807, 2.05) is 0 Å². The molecule has 2 unspecified atom stereocenters. The lowest BCUT2D eigenvalue weighted by atomic mass is 9.98. The number of ether oxygens (including phenoxy) is 1. The maximum Gasteiger partial charge on any atom is 0.0462 e. The first-order chi connectivity index (χ1) is 8.33. The summed E-state index contributed by atoms with van der Waals surface area (Å²) in [6.07, 6.45) is 8.03. The van der Waals surface area contributed by atoms with E-state index in [1.165, 1.54) is 51.6 Å². The molecular formula is C14H28N2O. The second kappa shape index (κ2) is 6.72. The van der Waals surface area contributed by atoms with Crippen molar-refractivity contribution >= 4 is 0 Å². The number of unbranched alkanes of at least 4 members (excludes halogenated alkanes) is 1. The fourth-order valence-corrected chi connectivity index (χ4v) is 3.49. The highest BCUT2D eigenvalue weighted by molar-refractivity contribution is 4.95. The number of hydrogen-bond acceptors (Lipinski definition) is 3. The summed E-state index contributed by atoms with van der Waals surface area (Å²) in [6, 6.07) is 2.46. The van der Waals surface area contributed by atoms with Crippen LogP contribution in [0.15, 0.2) is 0 Å². The number of fused-ring (bicyclic) bond motifs is 2. The molecule has 3 nitrogen and oxygen atoms in total. The molecule has 2 rings (SSSR count). The summed E-state index contributed by atoms with van der Waals surface area (Å²) < 4.78 is 5.12. The van der Waals surface area contributed by atoms with Crippen LogP contribution in [0, 0.1) is 0 Å². The third kappa shape index (κ3) is 3.67. The van der Waals surface area contributed by atoms with Gasteiger partial charge in [-0.1, -0.05) is 6.92 Å². The molecule has 17 heavy (non-hydrogen) atoms. The average Bonchev–Trinajstić information content (AvgIpc) is 2.68. The van der Waals surface area contributed by atoms with Crippen molar-refractivity contribution in [1.29, 1.82) is 0 Å². The minimum atomic E-state index is 0.812. The van der Waals surface area contributed by atoms with Gasteiger partial charge in [-0.2, -0.15) is 0 Å². The molecule has 0 amide bonds. The minimum absolute atomic E-state index is 0.812. The van der Waals surface area contributed by atoms with Gasteiger partial charge in [0.2, 0.25) is 0 Å². The van der Waals surface area contributed by atoms with Crippen LogP contribution in [0.4, 0.5) is 0 Å². The van der Waals surface area contributed by atoms with Gasteiger partial charge in [-0.15, -0.1) is 0 Å². The highest BCUT2D eigenvalue weighted by atomic mass is 16.5. The van der Waals surface area contributed by atoms with Gasteiger partial charge in [0, 0.05) is 31.8 Å². The largest absolute Gasteiger partial charge is 0.385 e. The molecule has 2 atom stereocenters. The van der Waals surface area contributed by atoms with E-state index in [9.17, 15) is 0 Å². The van der Waals surface area contributed by atoms with Crippen LogP contribution < -0.4 is 5.32 Å². The predicted octanol–water partition coefficient (Wildman–Crippen LogP) is 2.02. The van der Waals surface area contributed by atoms with Crippen molar-refractivity contribution in [3.05, 3.63) is 0 Å². The summed E-state index contributed by atoms with van der Waals surface area (Å²) in [5.74, 6) is 0. The Labute approximate surface area is 106 Å². The van der Waals surface area contributed by atoms with E-state index in [2.05, 4.69) is 17.1 Å². The fourth-order valence-electron chi connectivity index (χ4n) is 3.49. The Hall–Kier alpha value is -0.120. The molecule has 2 aliphatic heterocycles. The summed E-state index contributed by atoms with van der Waals surface area (Å²) >= 11 is 0. The van der Waals surface area contributed by atoms with Crippen LogP contribution in [0.25, 0.3) is 0 Å². The predicted molar refractivity (Wildman–Crippen MR) is 71.3 cm³/mol. The number of nitrogens with zero attached hydrogens (tertiary/aromatic N) is 1. The molecule has 2 fully saturated rings. The van der Waals surface area contributed by atoms with Crippen LogP contribution >= 0.6 is 0 Å². The Morgan fingerprint density at radius 3 is 2.47 bits per heavy atom. The molecule has 0 aromatic rings. The van der Waals surface area contributed by atoms with Crippen molar-refractivity contribution in [2.24, 2.45) is 0 Å². The third-order valence-corrected chi connectivity index (χ3v) is 4.41. The van der Waals surface area contributed by atoms with Gasteiger partial charge in [0.25, 0.3) is 0 Å². The summed E-state index contributed by atoms with van der Waals surface area (Å²) in [7, 11) is 1.79. The maximum absolute atomic E-state index is 5.12. The van der Waals surface area contributed by atoms with Crippen LogP contribution in [0.1, 0.15) is 45.4 Å². The second-order valence-corrected chi connectivity index (χ2v) is 5.59. The van der Waals surface area contributed by atoms with Gasteiger partial charge in [-0.05, 0) is 51.6 Å². The van der Waals surface area contributed by atoms with E-state index in [4.69, 9.17) is 4.74 Å². The monoisotopic (exact) mass is 240 g/mol. The van der Waals surface area contributed by atoms with Gasteiger partial charge in [-0.25, -0.2) is 0 Å². The van der Waals surface area contributed by atoms with Crippen molar-refractivity contribution in [3.8, 4) is 0 Å². The average molecular weight is 240 g/mol. The zero-order valence-electron chi connectivity index (χ0n) is 11.5. The zero-order chi connectivity index (χ0) is 12.1. The Balaban J connectivity index is 1.73. The van der Waals surface area contributed by atoms with E-state index in [-0.39, 0.29) is 0 Å². The summed E-state index contributed by atoms with van der Waals surface area (Å²) in [5, 5.41) is 3.73. The van der Waals surface area contributed by atoms with Crippen LogP contribution in [0.3, 0.4) is 0 Å². The lowest BCUT2D eigenvalue weighted by Gasteiger charge is -2.37. The van der Waals surface area contributed by atoms with E-state index >= 15 is 0 Å². The van der Waals surface area contributed by atoms with E-state index in [0.29, 0.717) is 0 Å². The quantitative estimate of drug-likeness (QED) is 0.689. The normalized spacial score (nSPS) is 32.3. The molecule has 2 heterocycles. The van der Waals surface area contributed by atoms with Gasteiger partial charge >= 0.3 is 0 Å². The van der Waals surface area contributed by atoms with Gasteiger partial charge in [0.15, 0.2) is 0 Å². The molecule has 0 radical (unpaired) electrons. The standard InChI is InChI=1S/C14H28N2O/c1-3-16(8-4-5-9-17-2)14-10-12-6-7-13(11-14)15-12/h12-15H,3-11H2,1-2H3. The number of rotatable bonds is 7. The number of hydrogen-bond donors (Lipinski definition) is 1. The van der Waals surface area contributed by atoms with E-state index < -0.39 is 0 Å². The topological polar surface area (TPSA) is 24.5 Å². The molecule has 0 aliphatic carbocycles. The Kier molecular flexibility index (Phi) is 5.26. The van der Waals surface area contributed by atoms with Crippen molar-refractivity contribution in [2.75, 3.05) is 26.8 Å². The second-order valence-electron chi connectivity index (χ2n) is 5.59. The van der Waals surface area contributed by atoms with Crippen molar-refractivity contribution in [1.82, 2.24) is 10.2 Å². The van der Waals surface area contributed by atoms with Crippen LogP contribution in [0.2, 0.25) is 0 Å². The van der Waals surface area contributed by atoms with E-state index in [1.54, 1.807) is 7.11 Å². The van der Waals surface area contributed by atoms with E-state index in [0.717, 1.165) is 24.7 Å². The third-order valence-electron chi connectivity index (χ3n) is 4.41. The molecule has 0 aromatic heterocycles. The fraction of sp³-hybridized carbons (Fsp3) is 1.00. The highest BCUT2D eigenvalue weighted by Crippen LogP contribution is 2.29. The number of piperidine rings is 1. The molecule has 2 aliphatic rings. The van der Waals surface area contributed by atoms with Crippen LogP contribution in [-0.2, 0) is 4.74 Å². The molecule has 1 N–H and O–H groups in total. The van der Waals surface area contributed by atoms with Crippen molar-refractivity contribution < 1.29 is 4.74 Å². The first-order valence-electron chi connectivity index (χ1n) is 7.32. The highest BCUT2D eigenvalue weighted by Gasteiger charge is 2.35. The Morgan fingerprint density at radius 1 is 1.18 bits per heavy atom. The van der Waals surface area contributed by atoms with Crippen LogP contribution in [-0.4, -0.2) is 49.8 Å². The SMILES string of the molecule is CCN(CCCCOC)C1CC2CCC(C1)N2. The summed E-state index contributed by atoms with van der Waals surface area (Å²) in [4.78, 5) is 2.70. The molecule has 0 spiro atoms. The maximum atomic E-state index is 5.12. The van der Waals surface area contributed by atoms with Crippen LogP contribution in [0.5, 0.6) is 0 Å². The number of methoxy groups -OCH3 is 1. The first-order valence-corrected chi connectivity index (χ1v) is 7.32. The molecule has 0 saturated carbocycles. The zero-order valence-corrected chi connectivity index (χ0v) is 11.5. The van der Waals surface area contributed by atoms with Gasteiger partial charge < -0.3 is 15.0 Å². The molecule has 2 bridgehead atoms. The molecule has 3 heteroatoms.